The van der Waals surface area contributed by atoms with Crippen molar-refractivity contribution in [2.75, 3.05) is 0 Å². The molecule has 36 heavy (non-hydrogen) atoms. The van der Waals surface area contributed by atoms with E-state index < -0.39 is 5.60 Å². The van der Waals surface area contributed by atoms with Crippen LogP contribution in [0.5, 0.6) is 0 Å². The molecule has 0 N–H and O–H groups in total. The second-order valence-electron chi connectivity index (χ2n) is 12.2. The highest BCUT2D eigenvalue weighted by Gasteiger charge is 2.66. The third-order valence-electron chi connectivity index (χ3n) is 10.4. The van der Waals surface area contributed by atoms with Gasteiger partial charge in [0.1, 0.15) is 0 Å². The van der Waals surface area contributed by atoms with Crippen LogP contribution in [0.1, 0.15) is 123 Å². The number of hydrogen-bond acceptors (Lipinski definition) is 3. The Morgan fingerprint density at radius 1 is 1.08 bits per heavy atom. The van der Waals surface area contributed by atoms with Gasteiger partial charge < -0.3 is 4.74 Å². The molecule has 6 atom stereocenters. The van der Waals surface area contributed by atoms with Gasteiger partial charge >= 0.3 is 5.97 Å². The van der Waals surface area contributed by atoms with Crippen LogP contribution in [0.2, 0.25) is 0 Å². The fourth-order valence-electron chi connectivity index (χ4n) is 8.71. The molecule has 0 amide bonds. The lowest BCUT2D eigenvalue weighted by atomic mass is 9.48. The molecule has 0 aromatic rings. The topological polar surface area (TPSA) is 43.4 Å². The van der Waals surface area contributed by atoms with Crippen LogP contribution >= 0.6 is 0 Å². The molecule has 3 heteroatoms. The Kier molecular flexibility index (Phi) is 8.85. The number of hydrogen-bond donors (Lipinski definition) is 0. The van der Waals surface area contributed by atoms with Gasteiger partial charge in [-0.25, -0.2) is 0 Å². The highest BCUT2D eigenvalue weighted by molar-refractivity contribution is 5.91. The zero-order chi connectivity index (χ0) is 25.8. The molecule has 3 saturated carbocycles. The molecule has 4 aliphatic carbocycles. The van der Waals surface area contributed by atoms with E-state index >= 15 is 0 Å². The van der Waals surface area contributed by atoms with Crippen molar-refractivity contribution in [3.05, 3.63) is 23.8 Å². The van der Waals surface area contributed by atoms with Gasteiger partial charge in [0.2, 0.25) is 0 Å². The minimum absolute atomic E-state index is 0.111. The highest BCUT2D eigenvalue weighted by atomic mass is 16.6. The summed E-state index contributed by atoms with van der Waals surface area (Å²) in [4.78, 5) is 25.1. The van der Waals surface area contributed by atoms with E-state index in [1.54, 1.807) is 0 Å². The van der Waals surface area contributed by atoms with Gasteiger partial charge in [-0.15, -0.1) is 6.42 Å². The highest BCUT2D eigenvalue weighted by Crippen LogP contribution is 2.68. The molecule has 0 radical (unpaired) electrons. The first-order valence-electron chi connectivity index (χ1n) is 15.0. The Balaban J connectivity index is 1.41. The standard InChI is InChI=1S/C33H48O3/c1-5-8-9-10-11-12-13-14-15-30(35)36-33(7-3)21-20-29-28-18-16-25-22-26(34)17-19-27(25)31(28)24(4)23-32(29,33)6-2/h3,22,27-29,31H,4-6,8-21,23H2,1-2H3/t27-,28?,29?,31?,32-,33-/m0/s1. The first kappa shape index (κ1) is 27.2. The monoisotopic (exact) mass is 492 g/mol. The van der Waals surface area contributed by atoms with Crippen LogP contribution < -0.4 is 0 Å². The summed E-state index contributed by atoms with van der Waals surface area (Å²) in [6.07, 6.45) is 25.6. The molecule has 3 unspecified atom stereocenters. The maximum atomic E-state index is 13.1. The average molecular weight is 493 g/mol. The fourth-order valence-corrected chi connectivity index (χ4v) is 8.71. The first-order chi connectivity index (χ1) is 17.4. The van der Waals surface area contributed by atoms with Gasteiger partial charge in [0.05, 0.1) is 0 Å². The predicted octanol–water partition coefficient (Wildman–Crippen LogP) is 8.13. The first-order valence-corrected chi connectivity index (χ1v) is 15.0. The second kappa shape index (κ2) is 11.7. The van der Waals surface area contributed by atoms with E-state index in [1.807, 2.05) is 6.08 Å². The van der Waals surface area contributed by atoms with E-state index in [0.29, 0.717) is 42.3 Å². The molecule has 0 aromatic carbocycles. The van der Waals surface area contributed by atoms with E-state index in [9.17, 15) is 9.59 Å². The van der Waals surface area contributed by atoms with Crippen molar-refractivity contribution in [2.24, 2.45) is 29.1 Å². The minimum atomic E-state index is -0.809. The average Bonchev–Trinajstić information content (AvgIpc) is 3.19. The molecule has 0 spiro atoms. The number of ketones is 1. The fraction of sp³-hybridized carbons (Fsp3) is 0.758. The molecule has 198 valence electrons. The van der Waals surface area contributed by atoms with Gasteiger partial charge in [0.25, 0.3) is 0 Å². The van der Waals surface area contributed by atoms with E-state index in [4.69, 9.17) is 11.2 Å². The van der Waals surface area contributed by atoms with Crippen molar-refractivity contribution < 1.29 is 14.3 Å². The number of rotatable bonds is 11. The quantitative estimate of drug-likeness (QED) is 0.127. The van der Waals surface area contributed by atoms with Crippen LogP contribution in [0.3, 0.4) is 0 Å². The Morgan fingerprint density at radius 2 is 1.81 bits per heavy atom. The largest absolute Gasteiger partial charge is 0.445 e. The molecule has 0 bridgehead atoms. The smallest absolute Gasteiger partial charge is 0.307 e. The molecule has 3 fully saturated rings. The Labute approximate surface area is 219 Å². The summed E-state index contributed by atoms with van der Waals surface area (Å²) in [7, 11) is 0. The van der Waals surface area contributed by atoms with Crippen molar-refractivity contribution in [1.82, 2.24) is 0 Å². The predicted molar refractivity (Wildman–Crippen MR) is 146 cm³/mol. The van der Waals surface area contributed by atoms with Crippen molar-refractivity contribution in [3.63, 3.8) is 0 Å². The van der Waals surface area contributed by atoms with E-state index in [-0.39, 0.29) is 11.4 Å². The van der Waals surface area contributed by atoms with Crippen LogP contribution in [-0.2, 0) is 14.3 Å². The van der Waals surface area contributed by atoms with Crippen LogP contribution in [0.15, 0.2) is 23.8 Å². The number of unbranched alkanes of at least 4 members (excludes halogenated alkanes) is 7. The van der Waals surface area contributed by atoms with Gasteiger partial charge in [-0.3, -0.25) is 9.59 Å². The number of allylic oxidation sites excluding steroid dienone is 2. The van der Waals surface area contributed by atoms with E-state index in [2.05, 4.69) is 26.3 Å². The molecule has 3 nitrogen and oxygen atoms in total. The minimum Gasteiger partial charge on any atom is -0.445 e. The summed E-state index contributed by atoms with van der Waals surface area (Å²) in [5, 5.41) is 0. The zero-order valence-electron chi connectivity index (χ0n) is 22.9. The molecule has 0 heterocycles. The second-order valence-corrected chi connectivity index (χ2v) is 12.2. The number of terminal acetylenes is 1. The van der Waals surface area contributed by atoms with E-state index in [1.165, 1.54) is 49.7 Å². The van der Waals surface area contributed by atoms with Crippen LogP contribution in [0.4, 0.5) is 0 Å². The number of ether oxygens (including phenoxy) is 1. The lowest BCUT2D eigenvalue weighted by molar-refractivity contribution is -0.170. The maximum absolute atomic E-state index is 13.1. The third kappa shape index (κ3) is 4.99. The summed E-state index contributed by atoms with van der Waals surface area (Å²) < 4.78 is 6.35. The van der Waals surface area contributed by atoms with Gasteiger partial charge in [0.15, 0.2) is 11.4 Å². The maximum Gasteiger partial charge on any atom is 0.307 e. The molecule has 0 aliphatic heterocycles. The summed E-state index contributed by atoms with van der Waals surface area (Å²) in [6, 6.07) is 0. The normalized spacial score (nSPS) is 35.3. The molecule has 4 rings (SSSR count). The van der Waals surface area contributed by atoms with Crippen molar-refractivity contribution in [1.29, 1.82) is 0 Å². The van der Waals surface area contributed by atoms with E-state index in [0.717, 1.165) is 57.8 Å². The van der Waals surface area contributed by atoms with Crippen molar-refractivity contribution in [2.45, 2.75) is 129 Å². The number of carbonyl (C=O) groups excluding carboxylic acids is 2. The lowest BCUT2D eigenvalue weighted by Gasteiger charge is -2.57. The summed E-state index contributed by atoms with van der Waals surface area (Å²) in [5.74, 6) is 5.16. The van der Waals surface area contributed by atoms with Crippen LogP contribution in [-0.4, -0.2) is 17.4 Å². The van der Waals surface area contributed by atoms with Gasteiger partial charge in [-0.1, -0.05) is 82.4 Å². The molecule has 0 saturated heterocycles. The third-order valence-corrected chi connectivity index (χ3v) is 10.4. The Morgan fingerprint density at radius 3 is 2.50 bits per heavy atom. The number of fused-ring (bicyclic) bond motifs is 5. The molecular formula is C33H48O3. The van der Waals surface area contributed by atoms with Crippen LogP contribution in [0.25, 0.3) is 0 Å². The summed E-state index contributed by atoms with van der Waals surface area (Å²) in [5.41, 5.74) is 1.62. The Bertz CT molecular complexity index is 906. The summed E-state index contributed by atoms with van der Waals surface area (Å²) >= 11 is 0. The zero-order valence-corrected chi connectivity index (χ0v) is 22.9. The number of esters is 1. The van der Waals surface area contributed by atoms with Gasteiger partial charge in [-0.2, -0.15) is 0 Å². The van der Waals surface area contributed by atoms with Crippen molar-refractivity contribution in [3.8, 4) is 12.3 Å². The van der Waals surface area contributed by atoms with Crippen molar-refractivity contribution >= 4 is 11.8 Å². The van der Waals surface area contributed by atoms with Gasteiger partial charge in [-0.05, 0) is 81.1 Å². The summed E-state index contributed by atoms with van der Waals surface area (Å²) in [6.45, 7) is 9.09. The molecule has 4 aliphatic rings. The lowest BCUT2D eigenvalue weighted by Crippen LogP contribution is -2.55. The number of carbonyl (C=O) groups is 2. The van der Waals surface area contributed by atoms with Gasteiger partial charge in [0, 0.05) is 18.3 Å². The van der Waals surface area contributed by atoms with Crippen LogP contribution in [0, 0.1) is 41.4 Å². The molecule has 0 aromatic heterocycles. The Hall–Kier alpha value is -1.82. The SMILES string of the molecule is C#C[C@]1(OC(=O)CCCCCCCCCC)CCC2C3CCC4=CC(=O)CC[C@@H]4C3C(=C)C[C@@]21CC. The molecular weight excluding hydrogens is 444 g/mol.